The monoisotopic (exact) mass is 214 g/mol. The summed E-state index contributed by atoms with van der Waals surface area (Å²) in [5.74, 6) is 0. The molecule has 0 bridgehead atoms. The Bertz CT molecular complexity index is 391. The minimum atomic E-state index is -4.35. The normalized spacial score (nSPS) is 12.7. The Morgan fingerprint density at radius 3 is 2.53 bits per heavy atom. The van der Waals surface area contributed by atoms with Crippen molar-refractivity contribution in [2.24, 2.45) is 0 Å². The van der Waals surface area contributed by atoms with Crippen LogP contribution in [0.3, 0.4) is 0 Å². The molecule has 0 N–H and O–H groups in total. The molecule has 80 valence electrons. The average Bonchev–Trinajstić information content (AvgIpc) is 2.17. The van der Waals surface area contributed by atoms with Crippen molar-refractivity contribution >= 4 is 11.9 Å². The fraction of sp³-hybridized carbons (Fsp3) is 0.182. The zero-order chi connectivity index (χ0) is 11.5. The van der Waals surface area contributed by atoms with Crippen LogP contribution in [0.1, 0.15) is 18.1 Å². The van der Waals surface area contributed by atoms with Crippen molar-refractivity contribution in [1.82, 2.24) is 0 Å². The molecule has 1 aromatic carbocycles. The van der Waals surface area contributed by atoms with E-state index in [1.165, 1.54) is 18.2 Å². The van der Waals surface area contributed by atoms with Crippen molar-refractivity contribution in [2.75, 3.05) is 0 Å². The maximum absolute atomic E-state index is 12.3. The molecule has 0 aliphatic heterocycles. The van der Waals surface area contributed by atoms with Gasteiger partial charge < -0.3 is 0 Å². The van der Waals surface area contributed by atoms with Crippen molar-refractivity contribution in [3.05, 3.63) is 41.5 Å². The first-order chi connectivity index (χ1) is 6.95. The Morgan fingerprint density at radius 2 is 2.00 bits per heavy atom. The Labute approximate surface area is 85.2 Å². The summed E-state index contributed by atoms with van der Waals surface area (Å²) in [6.07, 6.45) is -2.57. The van der Waals surface area contributed by atoms with Crippen LogP contribution < -0.4 is 0 Å². The fourth-order valence-electron chi connectivity index (χ4n) is 1.14. The van der Waals surface area contributed by atoms with Crippen LogP contribution in [-0.2, 0) is 11.0 Å². The van der Waals surface area contributed by atoms with E-state index < -0.39 is 11.7 Å². The molecule has 0 unspecified atom stereocenters. The number of hydrogen-bond donors (Lipinski definition) is 0. The lowest BCUT2D eigenvalue weighted by Crippen LogP contribution is -2.04. The van der Waals surface area contributed by atoms with Crippen LogP contribution in [0.15, 0.2) is 30.3 Å². The van der Waals surface area contributed by atoms with Crippen LogP contribution >= 0.6 is 0 Å². The number of alkyl halides is 3. The highest BCUT2D eigenvalue weighted by Crippen LogP contribution is 2.30. The van der Waals surface area contributed by atoms with Gasteiger partial charge in [0.15, 0.2) is 0 Å². The number of carbonyl (C=O) groups is 1. The van der Waals surface area contributed by atoms with E-state index in [0.717, 1.165) is 12.1 Å². The summed E-state index contributed by atoms with van der Waals surface area (Å²) in [6, 6.07) is 4.87. The van der Waals surface area contributed by atoms with Gasteiger partial charge in [0, 0.05) is 0 Å². The molecule has 0 spiro atoms. The Morgan fingerprint density at radius 1 is 1.33 bits per heavy atom. The molecule has 1 nitrogen and oxygen atoms in total. The highest BCUT2D eigenvalue weighted by atomic mass is 19.4. The van der Waals surface area contributed by atoms with Gasteiger partial charge in [-0.15, -0.1) is 0 Å². The first-order valence-electron chi connectivity index (χ1n) is 4.25. The molecule has 1 aromatic rings. The number of rotatable bonds is 2. The third-order valence-corrected chi connectivity index (χ3v) is 1.96. The first-order valence-corrected chi connectivity index (χ1v) is 4.25. The van der Waals surface area contributed by atoms with Crippen LogP contribution in [0.4, 0.5) is 13.2 Å². The highest BCUT2D eigenvalue weighted by molar-refractivity contribution is 5.80. The quantitative estimate of drug-likeness (QED) is 0.545. The lowest BCUT2D eigenvalue weighted by atomic mass is 10.0. The number of carbonyl (C=O) groups excluding carboxylic acids is 1. The lowest BCUT2D eigenvalue weighted by molar-refractivity contribution is -0.137. The van der Waals surface area contributed by atoms with Crippen LogP contribution in [0, 0.1) is 0 Å². The van der Waals surface area contributed by atoms with Crippen LogP contribution in [0.25, 0.3) is 5.57 Å². The SMILES string of the molecule is CC(=CC=O)c1cccc(C(F)(F)F)c1. The molecule has 0 heterocycles. The van der Waals surface area contributed by atoms with E-state index in [-0.39, 0.29) is 0 Å². The second-order valence-electron chi connectivity index (χ2n) is 3.06. The van der Waals surface area contributed by atoms with Gasteiger partial charge in [-0.3, -0.25) is 4.79 Å². The molecule has 0 amide bonds. The zero-order valence-corrected chi connectivity index (χ0v) is 8.01. The molecule has 0 radical (unpaired) electrons. The molecule has 0 aliphatic carbocycles. The van der Waals surface area contributed by atoms with Crippen LogP contribution in [0.5, 0.6) is 0 Å². The predicted octanol–water partition coefficient (Wildman–Crippen LogP) is 3.31. The van der Waals surface area contributed by atoms with Gasteiger partial charge in [0.05, 0.1) is 5.56 Å². The molecular formula is C11H9F3O. The Balaban J connectivity index is 3.14. The van der Waals surface area contributed by atoms with Gasteiger partial charge in [0.2, 0.25) is 0 Å². The maximum Gasteiger partial charge on any atom is 0.416 e. The standard InChI is InChI=1S/C11H9F3O/c1-8(5-6-15)9-3-2-4-10(7-9)11(12,13)14/h2-7H,1H3. The zero-order valence-electron chi connectivity index (χ0n) is 8.01. The smallest absolute Gasteiger partial charge is 0.299 e. The van der Waals surface area contributed by atoms with Gasteiger partial charge in [-0.25, -0.2) is 0 Å². The molecule has 0 atom stereocenters. The maximum atomic E-state index is 12.3. The topological polar surface area (TPSA) is 17.1 Å². The molecule has 0 aliphatic rings. The Hall–Kier alpha value is -1.58. The second kappa shape index (κ2) is 4.29. The molecule has 0 aromatic heterocycles. The molecule has 15 heavy (non-hydrogen) atoms. The lowest BCUT2D eigenvalue weighted by Gasteiger charge is -2.08. The summed E-state index contributed by atoms with van der Waals surface area (Å²) in [4.78, 5) is 10.2. The summed E-state index contributed by atoms with van der Waals surface area (Å²) in [7, 11) is 0. The van der Waals surface area contributed by atoms with Crippen molar-refractivity contribution in [1.29, 1.82) is 0 Å². The van der Waals surface area contributed by atoms with Crippen molar-refractivity contribution in [3.63, 3.8) is 0 Å². The minimum Gasteiger partial charge on any atom is -0.299 e. The molecular weight excluding hydrogens is 205 g/mol. The van der Waals surface area contributed by atoms with E-state index in [1.54, 1.807) is 6.92 Å². The van der Waals surface area contributed by atoms with Crippen LogP contribution in [-0.4, -0.2) is 6.29 Å². The second-order valence-corrected chi connectivity index (χ2v) is 3.06. The van der Waals surface area contributed by atoms with Crippen molar-refractivity contribution in [2.45, 2.75) is 13.1 Å². The van der Waals surface area contributed by atoms with Gasteiger partial charge in [0.1, 0.15) is 6.29 Å². The van der Waals surface area contributed by atoms with Crippen molar-refractivity contribution in [3.8, 4) is 0 Å². The van der Waals surface area contributed by atoms with E-state index in [9.17, 15) is 18.0 Å². The molecule has 1 rings (SSSR count). The Kier molecular flexibility index (Phi) is 3.29. The summed E-state index contributed by atoms with van der Waals surface area (Å²) < 4.78 is 37.0. The number of aldehydes is 1. The summed E-state index contributed by atoms with van der Waals surface area (Å²) in [6.45, 7) is 1.59. The highest BCUT2D eigenvalue weighted by Gasteiger charge is 2.30. The summed E-state index contributed by atoms with van der Waals surface area (Å²) >= 11 is 0. The number of allylic oxidation sites excluding steroid dienone is 2. The number of benzene rings is 1. The molecule has 0 saturated carbocycles. The summed E-state index contributed by atoms with van der Waals surface area (Å²) in [5.41, 5.74) is 0.201. The average molecular weight is 214 g/mol. The largest absolute Gasteiger partial charge is 0.416 e. The van der Waals surface area contributed by atoms with E-state index in [4.69, 9.17) is 0 Å². The van der Waals surface area contributed by atoms with E-state index in [0.29, 0.717) is 17.4 Å². The van der Waals surface area contributed by atoms with Gasteiger partial charge in [-0.1, -0.05) is 12.1 Å². The molecule has 0 saturated heterocycles. The first kappa shape index (κ1) is 11.5. The van der Waals surface area contributed by atoms with Gasteiger partial charge >= 0.3 is 6.18 Å². The van der Waals surface area contributed by atoms with Gasteiger partial charge in [-0.2, -0.15) is 13.2 Å². The van der Waals surface area contributed by atoms with E-state index in [1.807, 2.05) is 0 Å². The fourth-order valence-corrected chi connectivity index (χ4v) is 1.14. The van der Waals surface area contributed by atoms with Gasteiger partial charge in [0.25, 0.3) is 0 Å². The third-order valence-electron chi connectivity index (χ3n) is 1.96. The van der Waals surface area contributed by atoms with E-state index >= 15 is 0 Å². The van der Waals surface area contributed by atoms with Crippen LogP contribution in [0.2, 0.25) is 0 Å². The van der Waals surface area contributed by atoms with Crippen molar-refractivity contribution < 1.29 is 18.0 Å². The molecule has 0 fully saturated rings. The summed E-state index contributed by atoms with van der Waals surface area (Å²) in [5, 5.41) is 0. The van der Waals surface area contributed by atoms with E-state index in [2.05, 4.69) is 0 Å². The molecule has 4 heteroatoms. The predicted molar refractivity (Wildman–Crippen MR) is 51.2 cm³/mol. The number of hydrogen-bond acceptors (Lipinski definition) is 1. The van der Waals surface area contributed by atoms with Gasteiger partial charge in [-0.05, 0) is 36.3 Å². The number of halogens is 3. The minimum absolute atomic E-state index is 0.400. The third kappa shape index (κ3) is 2.94.